The molecule has 0 saturated carbocycles. The Labute approximate surface area is 189 Å². The van der Waals surface area contributed by atoms with Gasteiger partial charge in [0.05, 0.1) is 4.90 Å². The van der Waals surface area contributed by atoms with Gasteiger partial charge in [-0.05, 0) is 43.2 Å². The van der Waals surface area contributed by atoms with Gasteiger partial charge in [0, 0.05) is 37.0 Å². The third kappa shape index (κ3) is 8.00. The van der Waals surface area contributed by atoms with E-state index in [2.05, 4.69) is 46.8 Å². The highest BCUT2D eigenvalue weighted by atomic mass is 127. The summed E-state index contributed by atoms with van der Waals surface area (Å²) in [7, 11) is -1.45. The molecule has 2 aromatic rings. The van der Waals surface area contributed by atoms with E-state index in [9.17, 15) is 8.42 Å². The van der Waals surface area contributed by atoms with Crippen molar-refractivity contribution in [3.05, 3.63) is 59.2 Å². The molecule has 5 nitrogen and oxygen atoms in total. The molecule has 0 radical (unpaired) electrons. The summed E-state index contributed by atoms with van der Waals surface area (Å²) in [6.07, 6.45) is 1.23. The van der Waals surface area contributed by atoms with Crippen LogP contribution in [0.5, 0.6) is 0 Å². The van der Waals surface area contributed by atoms with Crippen LogP contribution in [0.3, 0.4) is 0 Å². The number of benzene rings is 2. The molecule has 0 amide bonds. The van der Waals surface area contributed by atoms with Gasteiger partial charge < -0.3 is 10.6 Å². The van der Waals surface area contributed by atoms with Crippen LogP contribution in [0.4, 0.5) is 0 Å². The van der Waals surface area contributed by atoms with Crippen molar-refractivity contribution in [1.29, 1.82) is 0 Å². The number of aliphatic imine (C=N–C) groups is 1. The van der Waals surface area contributed by atoms with E-state index in [1.54, 1.807) is 24.9 Å². The number of nitrogens with zero attached hydrogens (tertiary/aromatic N) is 1. The maximum absolute atomic E-state index is 11.7. The van der Waals surface area contributed by atoms with Crippen LogP contribution in [0, 0.1) is 13.8 Å². The Balaban J connectivity index is 0.00000392. The van der Waals surface area contributed by atoms with Crippen LogP contribution in [0.25, 0.3) is 0 Å². The smallest absolute Gasteiger partial charge is 0.191 e. The van der Waals surface area contributed by atoms with Crippen molar-refractivity contribution in [3.63, 3.8) is 0 Å². The molecule has 0 bridgehead atoms. The minimum absolute atomic E-state index is 0. The zero-order chi connectivity index (χ0) is 19.9. The maximum Gasteiger partial charge on any atom is 0.191 e. The van der Waals surface area contributed by atoms with E-state index in [1.807, 2.05) is 19.1 Å². The highest BCUT2D eigenvalue weighted by molar-refractivity contribution is 14.0. The Morgan fingerprint density at radius 3 is 2.32 bits per heavy atom. The van der Waals surface area contributed by atoms with Gasteiger partial charge in [-0.25, -0.2) is 8.42 Å². The van der Waals surface area contributed by atoms with Gasteiger partial charge in [-0.2, -0.15) is 0 Å². The number of hydrogen-bond acceptors (Lipinski definition) is 4. The fraction of sp³-hybridized carbons (Fsp3) is 0.350. The Hall–Kier alpha value is -1.26. The second kappa shape index (κ2) is 11.7. The monoisotopic (exact) mass is 533 g/mol. The van der Waals surface area contributed by atoms with Gasteiger partial charge in [-0.3, -0.25) is 4.99 Å². The van der Waals surface area contributed by atoms with Crippen LogP contribution in [0.1, 0.15) is 16.7 Å². The zero-order valence-corrected chi connectivity index (χ0v) is 20.6. The predicted octanol–water partition coefficient (Wildman–Crippen LogP) is 3.78. The predicted molar refractivity (Wildman–Crippen MR) is 130 cm³/mol. The summed E-state index contributed by atoms with van der Waals surface area (Å²) in [6, 6.07) is 13.9. The molecular weight excluding hydrogens is 505 g/mol. The quantitative estimate of drug-likeness (QED) is 0.187. The lowest BCUT2D eigenvalue weighted by Gasteiger charge is -2.13. The average molecular weight is 534 g/mol. The molecule has 0 aliphatic carbocycles. The second-order valence-corrected chi connectivity index (χ2v) is 9.54. The van der Waals surface area contributed by atoms with E-state index in [1.165, 1.54) is 16.7 Å². The molecule has 0 aliphatic heterocycles. The fourth-order valence-electron chi connectivity index (χ4n) is 2.62. The Kier molecular flexibility index (Phi) is 10.3. The second-order valence-electron chi connectivity index (χ2n) is 6.39. The number of hydrogen-bond donors (Lipinski definition) is 2. The van der Waals surface area contributed by atoms with Crippen LogP contribution in [-0.2, 0) is 16.4 Å². The SMILES string of the molecule is CN=C(NCCSc1ccc(C)cc1)NCc1ccc(S(C)(=O)=O)c(C)c1.I. The van der Waals surface area contributed by atoms with E-state index < -0.39 is 9.84 Å². The first-order valence-corrected chi connectivity index (χ1v) is 11.6. The van der Waals surface area contributed by atoms with Crippen molar-refractivity contribution in [1.82, 2.24) is 10.6 Å². The summed E-state index contributed by atoms with van der Waals surface area (Å²) in [4.78, 5) is 5.86. The molecule has 2 N–H and O–H groups in total. The summed E-state index contributed by atoms with van der Waals surface area (Å²) >= 11 is 1.80. The highest BCUT2D eigenvalue weighted by Crippen LogP contribution is 2.18. The molecule has 8 heteroatoms. The molecule has 0 fully saturated rings. The summed E-state index contributed by atoms with van der Waals surface area (Å²) in [5.41, 5.74) is 3.04. The van der Waals surface area contributed by atoms with Crippen LogP contribution < -0.4 is 10.6 Å². The Morgan fingerprint density at radius 1 is 1.07 bits per heavy atom. The largest absolute Gasteiger partial charge is 0.356 e. The number of nitrogens with one attached hydrogen (secondary N) is 2. The molecule has 2 rings (SSSR count). The number of aryl methyl sites for hydroxylation is 2. The summed E-state index contributed by atoms with van der Waals surface area (Å²) in [6.45, 7) is 5.27. The van der Waals surface area contributed by atoms with E-state index in [0.717, 1.165) is 29.4 Å². The molecule has 0 heterocycles. The molecule has 154 valence electrons. The first-order chi connectivity index (χ1) is 12.8. The molecular formula is C20H28IN3O2S2. The van der Waals surface area contributed by atoms with Crippen LogP contribution >= 0.6 is 35.7 Å². The number of rotatable bonds is 7. The lowest BCUT2D eigenvalue weighted by atomic mass is 10.1. The van der Waals surface area contributed by atoms with Crippen molar-refractivity contribution in [2.45, 2.75) is 30.2 Å². The molecule has 0 spiro atoms. The summed E-state index contributed by atoms with van der Waals surface area (Å²) in [5.74, 6) is 1.66. The first kappa shape index (κ1) is 24.8. The minimum Gasteiger partial charge on any atom is -0.356 e. The van der Waals surface area contributed by atoms with Crippen LogP contribution in [0.2, 0.25) is 0 Å². The lowest BCUT2D eigenvalue weighted by Crippen LogP contribution is -2.37. The molecule has 0 unspecified atom stereocenters. The number of guanidine groups is 1. The summed E-state index contributed by atoms with van der Waals surface area (Å²) in [5, 5.41) is 6.55. The van der Waals surface area contributed by atoms with Crippen LogP contribution in [0.15, 0.2) is 57.2 Å². The van der Waals surface area contributed by atoms with Gasteiger partial charge in [0.1, 0.15) is 0 Å². The highest BCUT2D eigenvalue weighted by Gasteiger charge is 2.10. The normalized spacial score (nSPS) is 11.6. The van der Waals surface area contributed by atoms with E-state index in [-0.39, 0.29) is 24.0 Å². The van der Waals surface area contributed by atoms with Crippen molar-refractivity contribution < 1.29 is 8.42 Å². The standard InChI is InChI=1S/C20H27N3O2S2.HI/c1-15-5-8-18(9-6-15)26-12-11-22-20(21-3)23-14-17-7-10-19(16(2)13-17)27(4,24)25;/h5-10,13H,11-12,14H2,1-4H3,(H2,21,22,23);1H. The molecule has 28 heavy (non-hydrogen) atoms. The van der Waals surface area contributed by atoms with Crippen LogP contribution in [-0.4, -0.2) is 40.0 Å². The van der Waals surface area contributed by atoms with Crippen molar-refractivity contribution >= 4 is 51.5 Å². The Morgan fingerprint density at radius 2 is 1.75 bits per heavy atom. The third-order valence-corrected chi connectivity index (χ3v) is 6.28. The van der Waals surface area contributed by atoms with Gasteiger partial charge >= 0.3 is 0 Å². The van der Waals surface area contributed by atoms with Gasteiger partial charge in [0.25, 0.3) is 0 Å². The zero-order valence-electron chi connectivity index (χ0n) is 16.7. The minimum atomic E-state index is -3.19. The topological polar surface area (TPSA) is 70.6 Å². The fourth-order valence-corrected chi connectivity index (χ4v) is 4.34. The first-order valence-electron chi connectivity index (χ1n) is 8.73. The molecule has 2 aromatic carbocycles. The van der Waals surface area contributed by atoms with Gasteiger partial charge in [-0.15, -0.1) is 35.7 Å². The van der Waals surface area contributed by atoms with Gasteiger partial charge in [0.15, 0.2) is 15.8 Å². The average Bonchev–Trinajstić information content (AvgIpc) is 2.61. The molecule has 0 aromatic heterocycles. The van der Waals surface area contributed by atoms with Crippen molar-refractivity contribution in [2.75, 3.05) is 25.6 Å². The van der Waals surface area contributed by atoms with Gasteiger partial charge in [-0.1, -0.05) is 29.8 Å². The molecule has 0 saturated heterocycles. The number of thioether (sulfide) groups is 1. The van der Waals surface area contributed by atoms with Gasteiger partial charge in [0.2, 0.25) is 0 Å². The van der Waals surface area contributed by atoms with Crippen molar-refractivity contribution in [3.8, 4) is 0 Å². The molecule has 0 aliphatic rings. The van der Waals surface area contributed by atoms with E-state index in [4.69, 9.17) is 0 Å². The van der Waals surface area contributed by atoms with Crippen molar-refractivity contribution in [2.24, 2.45) is 4.99 Å². The number of halogens is 1. The lowest BCUT2D eigenvalue weighted by molar-refractivity contribution is 0.601. The van der Waals surface area contributed by atoms with E-state index >= 15 is 0 Å². The number of sulfone groups is 1. The van der Waals surface area contributed by atoms with E-state index in [0.29, 0.717) is 11.4 Å². The summed E-state index contributed by atoms with van der Waals surface area (Å²) < 4.78 is 23.4. The Bertz CT molecular complexity index is 898. The third-order valence-electron chi connectivity index (χ3n) is 4.01. The maximum atomic E-state index is 11.7. The molecule has 0 atom stereocenters.